The van der Waals surface area contributed by atoms with Gasteiger partial charge < -0.3 is 14.8 Å². The summed E-state index contributed by atoms with van der Waals surface area (Å²) in [6, 6.07) is 9.47. The highest BCUT2D eigenvalue weighted by atomic mass is 16.1. The Labute approximate surface area is 143 Å². The van der Waals surface area contributed by atoms with Crippen LogP contribution in [0.25, 0.3) is 0 Å². The van der Waals surface area contributed by atoms with Gasteiger partial charge in [-0.2, -0.15) is 0 Å². The smallest absolute Gasteiger partial charge is 0.251 e. The van der Waals surface area contributed by atoms with Crippen LogP contribution in [0.2, 0.25) is 0 Å². The Kier molecular flexibility index (Phi) is 5.57. The normalized spacial score (nSPS) is 12.0. The largest absolute Gasteiger partial charge is 0.355 e. The molecule has 0 fully saturated rings. The van der Waals surface area contributed by atoms with Crippen LogP contribution >= 0.6 is 0 Å². The third-order valence-corrected chi connectivity index (χ3v) is 4.49. The molecule has 0 radical (unpaired) electrons. The zero-order valence-corrected chi connectivity index (χ0v) is 15.1. The molecule has 0 aliphatic heterocycles. The molecule has 1 aromatic heterocycles. The molecule has 1 unspecified atom stereocenters. The highest BCUT2D eigenvalue weighted by Crippen LogP contribution is 2.13. The minimum Gasteiger partial charge on any atom is -0.355 e. The van der Waals surface area contributed by atoms with E-state index >= 15 is 0 Å². The lowest BCUT2D eigenvalue weighted by molar-refractivity contribution is -0.884. The number of nitrogens with one attached hydrogen (secondary N) is 2. The summed E-state index contributed by atoms with van der Waals surface area (Å²) >= 11 is 0. The van der Waals surface area contributed by atoms with Crippen molar-refractivity contribution >= 4 is 11.7 Å². The number of aryl methyl sites for hydroxylation is 1. The van der Waals surface area contributed by atoms with Crippen molar-refractivity contribution in [2.75, 3.05) is 20.6 Å². The van der Waals surface area contributed by atoms with Gasteiger partial charge in [-0.3, -0.25) is 9.59 Å². The number of quaternary nitrogens is 1. The molecule has 2 aromatic rings. The molecule has 1 amide bonds. The van der Waals surface area contributed by atoms with Crippen LogP contribution < -0.4 is 10.2 Å². The monoisotopic (exact) mass is 328 g/mol. The first-order chi connectivity index (χ1) is 11.3. The van der Waals surface area contributed by atoms with E-state index in [9.17, 15) is 9.59 Å². The number of amides is 1. The predicted octanol–water partition coefficient (Wildman–Crippen LogP) is 0.899. The Balaban J connectivity index is 1.99. The van der Waals surface area contributed by atoms with E-state index in [0.717, 1.165) is 34.0 Å². The van der Waals surface area contributed by atoms with Crippen LogP contribution in [0.1, 0.15) is 37.7 Å². The van der Waals surface area contributed by atoms with Crippen molar-refractivity contribution < 1.29 is 14.5 Å². The van der Waals surface area contributed by atoms with Gasteiger partial charge in [0.2, 0.25) is 5.78 Å². The van der Waals surface area contributed by atoms with E-state index in [4.69, 9.17) is 0 Å². The van der Waals surface area contributed by atoms with E-state index < -0.39 is 0 Å². The van der Waals surface area contributed by atoms with Crippen molar-refractivity contribution in [3.8, 4) is 0 Å². The molecule has 0 spiro atoms. The standard InChI is InChI=1S/C19H25N3O2/c1-13-10-17(14(2)22(13)5)18(23)12-21(4)11-15-6-8-16(9-7-15)19(24)20-3/h6-10H,11-12H2,1-5H3,(H,20,24)/p+1. The quantitative estimate of drug-likeness (QED) is 0.774. The Hall–Kier alpha value is -2.40. The average molecular weight is 328 g/mol. The lowest BCUT2D eigenvalue weighted by atomic mass is 10.1. The van der Waals surface area contributed by atoms with Crippen LogP contribution in [-0.2, 0) is 13.6 Å². The number of ketones is 1. The Morgan fingerprint density at radius 1 is 1.17 bits per heavy atom. The van der Waals surface area contributed by atoms with Gasteiger partial charge in [0.05, 0.1) is 7.05 Å². The summed E-state index contributed by atoms with van der Waals surface area (Å²) in [7, 11) is 5.61. The van der Waals surface area contributed by atoms with Crippen molar-refractivity contribution in [3.63, 3.8) is 0 Å². The summed E-state index contributed by atoms with van der Waals surface area (Å²) in [4.78, 5) is 25.2. The number of hydrogen-bond donors (Lipinski definition) is 2. The maximum atomic E-state index is 12.5. The first kappa shape index (κ1) is 17.9. The zero-order chi connectivity index (χ0) is 17.9. The van der Waals surface area contributed by atoms with Gasteiger partial charge in [0.15, 0.2) is 0 Å². The Morgan fingerprint density at radius 3 is 2.29 bits per heavy atom. The van der Waals surface area contributed by atoms with Gasteiger partial charge in [-0.25, -0.2) is 0 Å². The van der Waals surface area contributed by atoms with Crippen LogP contribution in [-0.4, -0.2) is 36.9 Å². The van der Waals surface area contributed by atoms with Gasteiger partial charge in [0.25, 0.3) is 5.91 Å². The van der Waals surface area contributed by atoms with Crippen molar-refractivity contribution in [3.05, 3.63) is 58.4 Å². The molecule has 2 rings (SSSR count). The van der Waals surface area contributed by atoms with Crippen molar-refractivity contribution in [1.29, 1.82) is 0 Å². The first-order valence-electron chi connectivity index (χ1n) is 8.12. The van der Waals surface area contributed by atoms with Crippen LogP contribution in [0, 0.1) is 13.8 Å². The van der Waals surface area contributed by atoms with E-state index in [1.54, 1.807) is 7.05 Å². The third kappa shape index (κ3) is 3.92. The van der Waals surface area contributed by atoms with Gasteiger partial charge in [-0.15, -0.1) is 0 Å². The van der Waals surface area contributed by atoms with Crippen molar-refractivity contribution in [1.82, 2.24) is 9.88 Å². The molecule has 1 aromatic carbocycles. The topological polar surface area (TPSA) is 55.5 Å². The summed E-state index contributed by atoms with van der Waals surface area (Å²) in [5.41, 5.74) is 4.67. The van der Waals surface area contributed by atoms with Gasteiger partial charge >= 0.3 is 0 Å². The molecular formula is C19H26N3O2+. The molecule has 2 N–H and O–H groups in total. The fraction of sp³-hybridized carbons (Fsp3) is 0.368. The van der Waals surface area contributed by atoms with E-state index in [2.05, 4.69) is 5.32 Å². The fourth-order valence-corrected chi connectivity index (χ4v) is 2.84. The van der Waals surface area contributed by atoms with E-state index in [-0.39, 0.29) is 11.7 Å². The number of carbonyl (C=O) groups is 2. The van der Waals surface area contributed by atoms with Crippen LogP contribution in [0.5, 0.6) is 0 Å². The lowest BCUT2D eigenvalue weighted by Gasteiger charge is -2.13. The minimum absolute atomic E-state index is 0.0904. The SMILES string of the molecule is CNC(=O)c1ccc(C[NH+](C)CC(=O)c2cc(C)n(C)c2C)cc1. The van der Waals surface area contributed by atoms with Crippen LogP contribution in [0.3, 0.4) is 0 Å². The summed E-state index contributed by atoms with van der Waals surface area (Å²) in [5.74, 6) is 0.0723. The number of Topliss-reactive ketones (excluding diaryl/α,β-unsaturated/α-hetero) is 1. The summed E-state index contributed by atoms with van der Waals surface area (Å²) in [6.07, 6.45) is 0. The highest BCUT2D eigenvalue weighted by molar-refractivity contribution is 5.98. The van der Waals surface area contributed by atoms with Crippen LogP contribution in [0.4, 0.5) is 0 Å². The Bertz CT molecular complexity index is 745. The minimum atomic E-state index is -0.0904. The maximum absolute atomic E-state index is 12.5. The van der Waals surface area contributed by atoms with E-state index in [1.165, 1.54) is 0 Å². The number of carbonyl (C=O) groups excluding carboxylic acids is 2. The number of nitrogens with zero attached hydrogens (tertiary/aromatic N) is 1. The Morgan fingerprint density at radius 2 is 1.79 bits per heavy atom. The zero-order valence-electron chi connectivity index (χ0n) is 15.1. The summed E-state index contributed by atoms with van der Waals surface area (Å²) < 4.78 is 2.04. The molecule has 0 aliphatic rings. The molecule has 128 valence electrons. The number of likely N-dealkylation sites (N-methyl/N-ethyl adjacent to an activating group) is 1. The van der Waals surface area contributed by atoms with E-state index in [0.29, 0.717) is 12.1 Å². The van der Waals surface area contributed by atoms with Crippen molar-refractivity contribution in [2.24, 2.45) is 7.05 Å². The molecule has 0 bridgehead atoms. The summed E-state index contributed by atoms with van der Waals surface area (Å²) in [6.45, 7) is 5.17. The number of benzene rings is 1. The first-order valence-corrected chi connectivity index (χ1v) is 8.12. The van der Waals surface area contributed by atoms with Crippen molar-refractivity contribution in [2.45, 2.75) is 20.4 Å². The summed E-state index contributed by atoms with van der Waals surface area (Å²) in [5, 5.41) is 2.61. The molecule has 24 heavy (non-hydrogen) atoms. The third-order valence-electron chi connectivity index (χ3n) is 4.49. The number of rotatable bonds is 6. The van der Waals surface area contributed by atoms with Crippen LogP contribution in [0.15, 0.2) is 30.3 Å². The lowest BCUT2D eigenvalue weighted by Crippen LogP contribution is -3.08. The molecule has 5 nitrogen and oxygen atoms in total. The van der Waals surface area contributed by atoms with E-state index in [1.807, 2.05) is 62.8 Å². The predicted molar refractivity (Wildman–Crippen MR) is 94.5 cm³/mol. The number of aromatic nitrogens is 1. The highest BCUT2D eigenvalue weighted by Gasteiger charge is 2.18. The maximum Gasteiger partial charge on any atom is 0.251 e. The molecule has 1 heterocycles. The molecule has 0 aliphatic carbocycles. The fourth-order valence-electron chi connectivity index (χ4n) is 2.84. The average Bonchev–Trinajstić information content (AvgIpc) is 2.82. The molecular weight excluding hydrogens is 302 g/mol. The molecule has 0 saturated heterocycles. The van der Waals surface area contributed by atoms with Gasteiger partial charge in [0.1, 0.15) is 13.1 Å². The molecule has 5 heteroatoms. The molecule has 1 atom stereocenters. The van der Waals surface area contributed by atoms with Gasteiger partial charge in [0, 0.05) is 42.2 Å². The second-order valence-corrected chi connectivity index (χ2v) is 6.35. The molecule has 0 saturated carbocycles. The van der Waals surface area contributed by atoms with Gasteiger partial charge in [-0.05, 0) is 32.0 Å². The second-order valence-electron chi connectivity index (χ2n) is 6.35. The second kappa shape index (κ2) is 7.45. The van der Waals surface area contributed by atoms with Gasteiger partial charge in [-0.1, -0.05) is 12.1 Å². The number of hydrogen-bond acceptors (Lipinski definition) is 2.